The van der Waals surface area contributed by atoms with Crippen LogP contribution < -0.4 is 10.1 Å². The van der Waals surface area contributed by atoms with Crippen molar-refractivity contribution in [1.82, 2.24) is 5.32 Å². The van der Waals surface area contributed by atoms with Crippen LogP contribution >= 0.6 is 0 Å². The molecule has 1 aromatic carbocycles. The first-order valence-electron chi connectivity index (χ1n) is 7.10. The lowest BCUT2D eigenvalue weighted by atomic mass is 9.88. The van der Waals surface area contributed by atoms with Gasteiger partial charge in [-0.2, -0.15) is 0 Å². The van der Waals surface area contributed by atoms with Gasteiger partial charge in [0.15, 0.2) is 0 Å². The molecule has 3 heteroatoms. The summed E-state index contributed by atoms with van der Waals surface area (Å²) in [6.07, 6.45) is 2.49. The molecule has 19 heavy (non-hydrogen) atoms. The van der Waals surface area contributed by atoms with E-state index >= 15 is 0 Å². The first kappa shape index (κ1) is 12.5. The second kappa shape index (κ2) is 4.26. The molecule has 1 N–H and O–H groups in total. The van der Waals surface area contributed by atoms with E-state index in [2.05, 4.69) is 44.3 Å². The number of amides is 1. The van der Waals surface area contributed by atoms with Crippen LogP contribution in [0.3, 0.4) is 0 Å². The van der Waals surface area contributed by atoms with E-state index < -0.39 is 0 Å². The Hall–Kier alpha value is -1.51. The SMILES string of the molecule is CCC1NC(=O)CC1c1cccc2c1OC(C)(C)C2. The third kappa shape index (κ3) is 2.11. The van der Waals surface area contributed by atoms with Crippen molar-refractivity contribution < 1.29 is 9.53 Å². The highest BCUT2D eigenvalue weighted by Gasteiger charge is 2.38. The van der Waals surface area contributed by atoms with Gasteiger partial charge in [0.2, 0.25) is 5.91 Å². The summed E-state index contributed by atoms with van der Waals surface area (Å²) in [5, 5.41) is 3.07. The minimum Gasteiger partial charge on any atom is -0.487 e. The van der Waals surface area contributed by atoms with Crippen LogP contribution in [0.25, 0.3) is 0 Å². The Labute approximate surface area is 114 Å². The maximum absolute atomic E-state index is 11.7. The number of hydrogen-bond donors (Lipinski definition) is 1. The Morgan fingerprint density at radius 1 is 1.42 bits per heavy atom. The van der Waals surface area contributed by atoms with Crippen LogP contribution in [-0.2, 0) is 11.2 Å². The highest BCUT2D eigenvalue weighted by molar-refractivity contribution is 5.80. The van der Waals surface area contributed by atoms with Crippen molar-refractivity contribution in [2.24, 2.45) is 0 Å². The van der Waals surface area contributed by atoms with Crippen LogP contribution in [-0.4, -0.2) is 17.6 Å². The minimum atomic E-state index is -0.129. The summed E-state index contributed by atoms with van der Waals surface area (Å²) in [4.78, 5) is 11.7. The Kier molecular flexibility index (Phi) is 2.80. The number of hydrogen-bond acceptors (Lipinski definition) is 2. The Morgan fingerprint density at radius 3 is 2.95 bits per heavy atom. The number of benzene rings is 1. The molecule has 3 nitrogen and oxygen atoms in total. The molecule has 2 unspecified atom stereocenters. The molecule has 1 fully saturated rings. The summed E-state index contributed by atoms with van der Waals surface area (Å²) < 4.78 is 6.13. The van der Waals surface area contributed by atoms with Gasteiger partial charge in [-0.1, -0.05) is 25.1 Å². The van der Waals surface area contributed by atoms with Crippen LogP contribution in [0.4, 0.5) is 0 Å². The zero-order valence-corrected chi connectivity index (χ0v) is 11.8. The van der Waals surface area contributed by atoms with Gasteiger partial charge >= 0.3 is 0 Å². The van der Waals surface area contributed by atoms with Gasteiger partial charge in [-0.25, -0.2) is 0 Å². The van der Waals surface area contributed by atoms with Crippen LogP contribution in [0.5, 0.6) is 5.75 Å². The largest absolute Gasteiger partial charge is 0.487 e. The second-order valence-electron chi connectivity index (χ2n) is 6.27. The van der Waals surface area contributed by atoms with Crippen LogP contribution in [0.2, 0.25) is 0 Å². The first-order chi connectivity index (χ1) is 9.00. The zero-order chi connectivity index (χ0) is 13.6. The third-order valence-electron chi connectivity index (χ3n) is 4.20. The van der Waals surface area contributed by atoms with Crippen molar-refractivity contribution in [3.8, 4) is 5.75 Å². The van der Waals surface area contributed by atoms with Crippen LogP contribution in [0.15, 0.2) is 18.2 Å². The molecule has 0 aliphatic carbocycles. The van der Waals surface area contributed by atoms with Crippen LogP contribution in [0, 0.1) is 0 Å². The zero-order valence-electron chi connectivity index (χ0n) is 11.8. The fourth-order valence-electron chi connectivity index (χ4n) is 3.35. The molecule has 0 saturated carbocycles. The predicted molar refractivity (Wildman–Crippen MR) is 74.4 cm³/mol. The summed E-state index contributed by atoms with van der Waals surface area (Å²) in [5.74, 6) is 1.43. The molecule has 0 radical (unpaired) electrons. The van der Waals surface area contributed by atoms with Crippen molar-refractivity contribution >= 4 is 5.91 Å². The summed E-state index contributed by atoms with van der Waals surface area (Å²) in [6, 6.07) is 6.59. The average Bonchev–Trinajstić information content (AvgIpc) is 2.86. The lowest BCUT2D eigenvalue weighted by Gasteiger charge is -2.22. The van der Waals surface area contributed by atoms with E-state index in [1.165, 1.54) is 11.1 Å². The lowest BCUT2D eigenvalue weighted by molar-refractivity contribution is -0.119. The standard InChI is InChI=1S/C16H21NO2/c1-4-13-12(8-14(18)17-13)11-7-5-6-10-9-16(2,3)19-15(10)11/h5-7,12-13H,4,8-9H2,1-3H3,(H,17,18). The fraction of sp³-hybridized carbons (Fsp3) is 0.562. The third-order valence-corrected chi connectivity index (χ3v) is 4.20. The number of para-hydroxylation sites is 1. The van der Waals surface area contributed by atoms with E-state index in [0.29, 0.717) is 6.42 Å². The molecule has 2 heterocycles. The Morgan fingerprint density at radius 2 is 2.21 bits per heavy atom. The number of carbonyl (C=O) groups excluding carboxylic acids is 1. The molecular formula is C16H21NO2. The van der Waals surface area contributed by atoms with Crippen molar-refractivity contribution in [3.05, 3.63) is 29.3 Å². The molecule has 1 saturated heterocycles. The normalized spacial score (nSPS) is 27.8. The van der Waals surface area contributed by atoms with E-state index in [9.17, 15) is 4.79 Å². The van der Waals surface area contributed by atoms with E-state index in [4.69, 9.17) is 4.74 Å². The molecule has 2 aliphatic heterocycles. The van der Waals surface area contributed by atoms with Crippen molar-refractivity contribution in [2.75, 3.05) is 0 Å². The first-order valence-corrected chi connectivity index (χ1v) is 7.10. The van der Waals surface area contributed by atoms with Gasteiger partial charge in [-0.3, -0.25) is 4.79 Å². The summed E-state index contributed by atoms with van der Waals surface area (Å²) in [5.41, 5.74) is 2.35. The molecule has 0 bridgehead atoms. The predicted octanol–water partition coefficient (Wildman–Crippen LogP) is 2.78. The summed E-state index contributed by atoms with van der Waals surface area (Å²) >= 11 is 0. The minimum absolute atomic E-state index is 0.129. The number of fused-ring (bicyclic) bond motifs is 1. The lowest BCUT2D eigenvalue weighted by Crippen LogP contribution is -2.28. The number of nitrogens with one attached hydrogen (secondary N) is 1. The van der Waals surface area contributed by atoms with Crippen molar-refractivity contribution in [1.29, 1.82) is 0 Å². The molecule has 1 aromatic rings. The van der Waals surface area contributed by atoms with Crippen molar-refractivity contribution in [2.45, 2.75) is 57.6 Å². The summed E-state index contributed by atoms with van der Waals surface area (Å²) in [7, 11) is 0. The highest BCUT2D eigenvalue weighted by Crippen LogP contribution is 2.43. The number of ether oxygens (including phenoxy) is 1. The maximum atomic E-state index is 11.7. The van der Waals surface area contributed by atoms with E-state index in [1.807, 2.05) is 0 Å². The molecule has 0 spiro atoms. The fourth-order valence-corrected chi connectivity index (χ4v) is 3.35. The molecule has 102 valence electrons. The number of carbonyl (C=O) groups is 1. The van der Waals surface area contributed by atoms with Gasteiger partial charge in [0.05, 0.1) is 0 Å². The maximum Gasteiger partial charge on any atom is 0.220 e. The Bertz CT molecular complexity index is 521. The van der Waals surface area contributed by atoms with Gasteiger partial charge in [0.1, 0.15) is 11.4 Å². The molecule has 3 rings (SSSR count). The molecule has 0 aromatic heterocycles. The molecule has 2 atom stereocenters. The smallest absolute Gasteiger partial charge is 0.220 e. The monoisotopic (exact) mass is 259 g/mol. The van der Waals surface area contributed by atoms with Crippen molar-refractivity contribution in [3.63, 3.8) is 0 Å². The molecule has 2 aliphatic rings. The topological polar surface area (TPSA) is 38.3 Å². The van der Waals surface area contributed by atoms with Gasteiger partial charge in [0, 0.05) is 30.4 Å². The molecule has 1 amide bonds. The number of rotatable bonds is 2. The van der Waals surface area contributed by atoms with E-state index in [1.54, 1.807) is 0 Å². The summed E-state index contributed by atoms with van der Waals surface area (Å²) in [6.45, 7) is 6.36. The average molecular weight is 259 g/mol. The Balaban J connectivity index is 1.99. The quantitative estimate of drug-likeness (QED) is 0.887. The van der Waals surface area contributed by atoms with Gasteiger partial charge in [-0.15, -0.1) is 0 Å². The second-order valence-corrected chi connectivity index (χ2v) is 6.27. The van der Waals surface area contributed by atoms with E-state index in [-0.39, 0.29) is 23.5 Å². The van der Waals surface area contributed by atoms with Gasteiger partial charge in [-0.05, 0) is 25.8 Å². The van der Waals surface area contributed by atoms with Crippen LogP contribution in [0.1, 0.15) is 50.7 Å². The highest BCUT2D eigenvalue weighted by atomic mass is 16.5. The molecular weight excluding hydrogens is 238 g/mol. The van der Waals surface area contributed by atoms with Gasteiger partial charge in [0.25, 0.3) is 0 Å². The van der Waals surface area contributed by atoms with E-state index in [0.717, 1.165) is 18.6 Å². The van der Waals surface area contributed by atoms with Gasteiger partial charge < -0.3 is 10.1 Å².